The van der Waals surface area contributed by atoms with Gasteiger partial charge in [0.25, 0.3) is 0 Å². The molecule has 0 heterocycles. The lowest BCUT2D eigenvalue weighted by atomic mass is 10.0. The smallest absolute Gasteiger partial charge is 0.0227 e. The summed E-state index contributed by atoms with van der Waals surface area (Å²) in [5, 5.41) is 0. The first-order valence-electron chi connectivity index (χ1n) is 5.56. The minimum Gasteiger partial charge on any atom is -0.0622 e. The molecule has 0 saturated carbocycles. The molecular weight excluding hydrogens is 192 g/mol. The molecule has 0 aliphatic rings. The monoisotopic (exact) mass is 208 g/mol. The zero-order valence-electron chi connectivity index (χ0n) is 9.77. The molecule has 0 atom stereocenters. The highest BCUT2D eigenvalue weighted by atomic mass is 14.0. The van der Waals surface area contributed by atoms with Crippen LogP contribution in [-0.2, 0) is 0 Å². The predicted molar refractivity (Wildman–Crippen MR) is 71.2 cm³/mol. The normalized spacial score (nSPS) is 11.5. The van der Waals surface area contributed by atoms with Gasteiger partial charge in [-0.05, 0) is 30.5 Å². The summed E-state index contributed by atoms with van der Waals surface area (Å²) >= 11 is 0. The second kappa shape index (κ2) is 4.80. The Kier molecular flexibility index (Phi) is 3.21. The molecule has 0 spiro atoms. The van der Waals surface area contributed by atoms with E-state index < -0.39 is 0 Å². The quantitative estimate of drug-likeness (QED) is 0.635. The van der Waals surface area contributed by atoms with E-state index in [9.17, 15) is 0 Å². The number of allylic oxidation sites excluding steroid dienone is 1. The van der Waals surface area contributed by atoms with Gasteiger partial charge in [-0.15, -0.1) is 0 Å². The highest BCUT2D eigenvalue weighted by Crippen LogP contribution is 2.17. The van der Waals surface area contributed by atoms with Crippen LogP contribution in [0.4, 0.5) is 0 Å². The molecule has 0 aliphatic carbocycles. The maximum atomic E-state index is 2.22. The fourth-order valence-corrected chi connectivity index (χ4v) is 1.70. The highest BCUT2D eigenvalue weighted by Gasteiger charge is 1.94. The van der Waals surface area contributed by atoms with Crippen LogP contribution in [0.3, 0.4) is 0 Å². The van der Waals surface area contributed by atoms with Crippen molar-refractivity contribution in [1.29, 1.82) is 0 Å². The van der Waals surface area contributed by atoms with Crippen molar-refractivity contribution < 1.29 is 0 Å². The highest BCUT2D eigenvalue weighted by molar-refractivity contribution is 5.80. The molecule has 0 aromatic heterocycles. The van der Waals surface area contributed by atoms with Gasteiger partial charge in [-0.25, -0.2) is 0 Å². The largest absolute Gasteiger partial charge is 0.0622 e. The van der Waals surface area contributed by atoms with Crippen molar-refractivity contribution in [2.45, 2.75) is 13.8 Å². The van der Waals surface area contributed by atoms with Crippen LogP contribution in [0.25, 0.3) is 11.6 Å². The lowest BCUT2D eigenvalue weighted by Gasteiger charge is -2.01. The molecule has 16 heavy (non-hydrogen) atoms. The van der Waals surface area contributed by atoms with Crippen LogP contribution in [0, 0.1) is 6.92 Å². The first-order chi connectivity index (χ1) is 7.75. The van der Waals surface area contributed by atoms with Gasteiger partial charge in [0.1, 0.15) is 0 Å². The molecule has 0 nitrogen and oxygen atoms in total. The van der Waals surface area contributed by atoms with E-state index in [2.05, 4.69) is 68.5 Å². The Hall–Kier alpha value is -1.82. The number of rotatable bonds is 2. The van der Waals surface area contributed by atoms with E-state index in [0.717, 1.165) is 0 Å². The molecule has 0 heteroatoms. The van der Waals surface area contributed by atoms with E-state index in [-0.39, 0.29) is 0 Å². The Balaban J connectivity index is 2.28. The number of aryl methyl sites for hydroxylation is 1. The summed E-state index contributed by atoms with van der Waals surface area (Å²) in [4.78, 5) is 0. The van der Waals surface area contributed by atoms with Gasteiger partial charge in [-0.3, -0.25) is 0 Å². The van der Waals surface area contributed by atoms with Crippen molar-refractivity contribution in [2.24, 2.45) is 0 Å². The van der Waals surface area contributed by atoms with Crippen molar-refractivity contribution in [3.8, 4) is 0 Å². The number of hydrogen-bond acceptors (Lipinski definition) is 0. The average Bonchev–Trinajstić information content (AvgIpc) is 2.33. The van der Waals surface area contributed by atoms with Crippen LogP contribution >= 0.6 is 0 Å². The molecule has 0 saturated heterocycles. The summed E-state index contributed by atoms with van der Waals surface area (Å²) in [6.07, 6.45) is 2.22. The van der Waals surface area contributed by atoms with Crippen LogP contribution in [0.5, 0.6) is 0 Å². The van der Waals surface area contributed by atoms with Crippen LogP contribution < -0.4 is 0 Å². The van der Waals surface area contributed by atoms with Crippen molar-refractivity contribution >= 4 is 11.6 Å². The van der Waals surface area contributed by atoms with E-state index in [4.69, 9.17) is 0 Å². The van der Waals surface area contributed by atoms with Crippen molar-refractivity contribution in [3.63, 3.8) is 0 Å². The van der Waals surface area contributed by atoms with Crippen LogP contribution in [0.2, 0.25) is 0 Å². The summed E-state index contributed by atoms with van der Waals surface area (Å²) < 4.78 is 0. The molecule has 0 bridgehead atoms. The topological polar surface area (TPSA) is 0 Å². The van der Waals surface area contributed by atoms with E-state index in [0.29, 0.717) is 0 Å². The second-order valence-corrected chi connectivity index (χ2v) is 4.10. The van der Waals surface area contributed by atoms with Crippen LogP contribution in [-0.4, -0.2) is 0 Å². The molecule has 2 rings (SSSR count). The van der Waals surface area contributed by atoms with Crippen molar-refractivity contribution in [2.75, 3.05) is 0 Å². The molecule has 0 radical (unpaired) electrons. The molecule has 0 amide bonds. The molecule has 0 unspecified atom stereocenters. The molecular formula is C16H16. The zero-order chi connectivity index (χ0) is 11.4. The molecule has 0 fully saturated rings. The van der Waals surface area contributed by atoms with E-state index >= 15 is 0 Å². The van der Waals surface area contributed by atoms with Gasteiger partial charge in [0.2, 0.25) is 0 Å². The summed E-state index contributed by atoms with van der Waals surface area (Å²) in [5.74, 6) is 0. The third-order valence-electron chi connectivity index (χ3n) is 2.69. The fourth-order valence-electron chi connectivity index (χ4n) is 1.70. The van der Waals surface area contributed by atoms with Gasteiger partial charge >= 0.3 is 0 Å². The van der Waals surface area contributed by atoms with Gasteiger partial charge in [0.05, 0.1) is 0 Å². The molecule has 2 aromatic carbocycles. The summed E-state index contributed by atoms with van der Waals surface area (Å²) in [7, 11) is 0. The minimum absolute atomic E-state index is 1.26. The van der Waals surface area contributed by atoms with E-state index in [1.807, 2.05) is 6.07 Å². The third kappa shape index (κ3) is 2.60. The third-order valence-corrected chi connectivity index (χ3v) is 2.69. The van der Waals surface area contributed by atoms with Crippen LogP contribution in [0.1, 0.15) is 23.6 Å². The van der Waals surface area contributed by atoms with Crippen molar-refractivity contribution in [3.05, 3.63) is 71.3 Å². The maximum Gasteiger partial charge on any atom is -0.0227 e. The molecule has 80 valence electrons. The number of benzene rings is 2. The summed E-state index contributed by atoms with van der Waals surface area (Å²) in [5.41, 5.74) is 5.13. The minimum atomic E-state index is 1.26. The lowest BCUT2D eigenvalue weighted by Crippen LogP contribution is -1.79. The maximum absolute atomic E-state index is 2.22. The predicted octanol–water partition coefficient (Wildman–Crippen LogP) is 4.56. The van der Waals surface area contributed by atoms with Gasteiger partial charge in [-0.2, -0.15) is 0 Å². The van der Waals surface area contributed by atoms with Gasteiger partial charge < -0.3 is 0 Å². The Labute approximate surface area is 97.3 Å². The Bertz CT molecular complexity index is 475. The first kappa shape index (κ1) is 10.7. The second-order valence-electron chi connectivity index (χ2n) is 4.10. The Morgan fingerprint density at radius 2 is 1.50 bits per heavy atom. The zero-order valence-corrected chi connectivity index (χ0v) is 9.77. The average molecular weight is 208 g/mol. The molecule has 0 aliphatic heterocycles. The molecule has 0 N–H and O–H groups in total. The summed E-state index contributed by atoms with van der Waals surface area (Å²) in [6, 6.07) is 19.1. The SMILES string of the molecule is C/C(=C/c1ccc(C)cc1)c1ccccc1. The lowest BCUT2D eigenvalue weighted by molar-refractivity contribution is 1.46. The van der Waals surface area contributed by atoms with E-state index in [1.165, 1.54) is 22.3 Å². The number of hydrogen-bond donors (Lipinski definition) is 0. The fraction of sp³-hybridized carbons (Fsp3) is 0.125. The Morgan fingerprint density at radius 1 is 0.875 bits per heavy atom. The van der Waals surface area contributed by atoms with E-state index in [1.54, 1.807) is 0 Å². The van der Waals surface area contributed by atoms with Crippen molar-refractivity contribution in [1.82, 2.24) is 0 Å². The standard InChI is InChI=1S/C16H16/c1-13-8-10-15(11-9-13)12-14(2)16-6-4-3-5-7-16/h3-12H,1-2H3/b14-12-. The summed E-state index contributed by atoms with van der Waals surface area (Å²) in [6.45, 7) is 4.26. The van der Waals surface area contributed by atoms with Gasteiger partial charge in [0, 0.05) is 0 Å². The van der Waals surface area contributed by atoms with Gasteiger partial charge in [-0.1, -0.05) is 66.2 Å². The molecule has 2 aromatic rings. The van der Waals surface area contributed by atoms with Gasteiger partial charge in [0.15, 0.2) is 0 Å². The first-order valence-corrected chi connectivity index (χ1v) is 5.56. The van der Waals surface area contributed by atoms with Crippen LogP contribution in [0.15, 0.2) is 54.6 Å². The Morgan fingerprint density at radius 3 is 2.12 bits per heavy atom.